The van der Waals surface area contributed by atoms with Crippen LogP contribution in [0, 0.1) is 6.92 Å². The number of benzene rings is 2. The van der Waals surface area contributed by atoms with Crippen LogP contribution in [0.2, 0.25) is 5.02 Å². The van der Waals surface area contributed by atoms with Crippen LogP contribution in [0.25, 0.3) is 0 Å². The first kappa shape index (κ1) is 19.9. The molecule has 0 fully saturated rings. The molecule has 138 valence electrons. The van der Waals surface area contributed by atoms with E-state index < -0.39 is 0 Å². The van der Waals surface area contributed by atoms with E-state index in [0.29, 0.717) is 10.7 Å². The number of nitrogens with zero attached hydrogens (tertiary/aromatic N) is 1. The molecule has 6 heteroatoms. The van der Waals surface area contributed by atoms with E-state index in [1.807, 2.05) is 62.4 Å². The van der Waals surface area contributed by atoms with Crippen molar-refractivity contribution in [2.45, 2.75) is 19.9 Å². The molecule has 0 spiro atoms. The predicted molar refractivity (Wildman–Crippen MR) is 105 cm³/mol. The van der Waals surface area contributed by atoms with E-state index in [2.05, 4.69) is 10.6 Å². The quantitative estimate of drug-likeness (QED) is 0.782. The zero-order chi connectivity index (χ0) is 19.1. The van der Waals surface area contributed by atoms with Crippen LogP contribution in [0.1, 0.15) is 24.1 Å². The third-order valence-electron chi connectivity index (χ3n) is 4.07. The minimum atomic E-state index is -0.233. The molecule has 2 amide bonds. The van der Waals surface area contributed by atoms with Gasteiger partial charge in [0.05, 0.1) is 13.1 Å². The summed E-state index contributed by atoms with van der Waals surface area (Å²) < 4.78 is 0. The number of hydrogen-bond acceptors (Lipinski definition) is 3. The van der Waals surface area contributed by atoms with Gasteiger partial charge in [-0.3, -0.25) is 9.59 Å². The van der Waals surface area contributed by atoms with Crippen molar-refractivity contribution >= 4 is 29.1 Å². The molecule has 26 heavy (non-hydrogen) atoms. The Kier molecular flexibility index (Phi) is 7.18. The molecule has 0 heterocycles. The van der Waals surface area contributed by atoms with E-state index in [1.54, 1.807) is 7.05 Å². The Morgan fingerprint density at radius 2 is 1.77 bits per heavy atom. The van der Waals surface area contributed by atoms with Crippen LogP contribution in [0.5, 0.6) is 0 Å². The van der Waals surface area contributed by atoms with Crippen molar-refractivity contribution in [1.82, 2.24) is 10.2 Å². The van der Waals surface area contributed by atoms with Crippen LogP contribution in [-0.4, -0.2) is 36.9 Å². The fraction of sp³-hybridized carbons (Fsp3) is 0.300. The Morgan fingerprint density at radius 1 is 1.12 bits per heavy atom. The van der Waals surface area contributed by atoms with Crippen LogP contribution in [0.4, 0.5) is 5.69 Å². The average molecular weight is 374 g/mol. The molecule has 2 aromatic carbocycles. The van der Waals surface area contributed by atoms with Crippen molar-refractivity contribution < 1.29 is 9.59 Å². The Balaban J connectivity index is 1.80. The largest absolute Gasteiger partial charge is 0.335 e. The highest BCUT2D eigenvalue weighted by Crippen LogP contribution is 2.21. The van der Waals surface area contributed by atoms with Gasteiger partial charge < -0.3 is 15.5 Å². The molecule has 2 rings (SSSR count). The minimum Gasteiger partial charge on any atom is -0.335 e. The van der Waals surface area contributed by atoms with Gasteiger partial charge in [-0.25, -0.2) is 0 Å². The molecule has 2 N–H and O–H groups in total. The van der Waals surface area contributed by atoms with Crippen LogP contribution >= 0.6 is 11.6 Å². The first-order valence-corrected chi connectivity index (χ1v) is 8.83. The van der Waals surface area contributed by atoms with Crippen LogP contribution < -0.4 is 10.6 Å². The number of likely N-dealkylation sites (N-methyl/N-ethyl adjacent to an activating group) is 1. The van der Waals surface area contributed by atoms with Crippen LogP contribution in [-0.2, 0) is 9.59 Å². The molecule has 0 aliphatic carbocycles. The topological polar surface area (TPSA) is 61.4 Å². The predicted octanol–water partition coefficient (Wildman–Crippen LogP) is 3.40. The van der Waals surface area contributed by atoms with E-state index in [4.69, 9.17) is 11.6 Å². The number of nitrogens with one attached hydrogen (secondary N) is 2. The summed E-state index contributed by atoms with van der Waals surface area (Å²) in [4.78, 5) is 25.7. The molecular weight excluding hydrogens is 350 g/mol. The lowest BCUT2D eigenvalue weighted by atomic mass is 10.1. The van der Waals surface area contributed by atoms with Gasteiger partial charge >= 0.3 is 0 Å². The summed E-state index contributed by atoms with van der Waals surface area (Å²) in [6.45, 7) is 4.04. The number of hydrogen-bond donors (Lipinski definition) is 2. The third kappa shape index (κ3) is 5.86. The summed E-state index contributed by atoms with van der Waals surface area (Å²) >= 11 is 6.16. The lowest BCUT2D eigenvalue weighted by Crippen LogP contribution is -2.40. The van der Waals surface area contributed by atoms with Gasteiger partial charge in [0.2, 0.25) is 11.8 Å². The highest BCUT2D eigenvalue weighted by Gasteiger charge is 2.15. The molecule has 0 saturated carbocycles. The SMILES string of the molecule is Cc1ccc(NC(=O)CN(C)C(=O)CN[C@H](C)c2ccccc2Cl)cc1. The maximum Gasteiger partial charge on any atom is 0.243 e. The molecule has 0 aliphatic rings. The molecule has 2 aromatic rings. The van der Waals surface area contributed by atoms with Gasteiger partial charge in [0.15, 0.2) is 0 Å². The van der Waals surface area contributed by atoms with E-state index >= 15 is 0 Å². The van der Waals surface area contributed by atoms with Gasteiger partial charge in [0.1, 0.15) is 0 Å². The van der Waals surface area contributed by atoms with E-state index in [0.717, 1.165) is 11.1 Å². The fourth-order valence-electron chi connectivity index (χ4n) is 2.45. The van der Waals surface area contributed by atoms with Crippen LogP contribution in [0.3, 0.4) is 0 Å². The summed E-state index contributed by atoms with van der Waals surface area (Å²) in [5.41, 5.74) is 2.77. The van der Waals surface area contributed by atoms with Gasteiger partial charge in [-0.1, -0.05) is 47.5 Å². The zero-order valence-electron chi connectivity index (χ0n) is 15.3. The van der Waals surface area contributed by atoms with Gasteiger partial charge in [-0.15, -0.1) is 0 Å². The van der Waals surface area contributed by atoms with Gasteiger partial charge in [-0.2, -0.15) is 0 Å². The van der Waals surface area contributed by atoms with Gasteiger partial charge in [0.25, 0.3) is 0 Å². The summed E-state index contributed by atoms with van der Waals surface area (Å²) in [5, 5.41) is 6.58. The molecule has 0 saturated heterocycles. The standard InChI is InChI=1S/C20H24ClN3O2/c1-14-8-10-16(11-9-14)23-19(25)13-24(3)20(26)12-22-15(2)17-6-4-5-7-18(17)21/h4-11,15,22H,12-13H2,1-3H3,(H,23,25)/t15-/m1/s1. The molecule has 5 nitrogen and oxygen atoms in total. The zero-order valence-corrected chi connectivity index (χ0v) is 16.0. The lowest BCUT2D eigenvalue weighted by molar-refractivity contribution is -0.132. The van der Waals surface area contributed by atoms with Crippen molar-refractivity contribution in [3.05, 3.63) is 64.7 Å². The van der Waals surface area contributed by atoms with E-state index in [9.17, 15) is 9.59 Å². The molecular formula is C20H24ClN3O2. The van der Waals surface area contributed by atoms with E-state index in [1.165, 1.54) is 4.90 Å². The van der Waals surface area contributed by atoms with Crippen molar-refractivity contribution in [3.8, 4) is 0 Å². The number of aryl methyl sites for hydroxylation is 1. The smallest absolute Gasteiger partial charge is 0.243 e. The summed E-state index contributed by atoms with van der Waals surface area (Å²) in [7, 11) is 1.61. The normalized spacial score (nSPS) is 11.7. The molecule has 0 radical (unpaired) electrons. The second kappa shape index (κ2) is 9.36. The Bertz CT molecular complexity index is 762. The van der Waals surface area contributed by atoms with Crippen molar-refractivity contribution in [2.24, 2.45) is 0 Å². The summed E-state index contributed by atoms with van der Waals surface area (Å²) in [6, 6.07) is 15.0. The number of halogens is 1. The molecule has 0 aliphatic heterocycles. The Hall–Kier alpha value is -2.37. The second-order valence-electron chi connectivity index (χ2n) is 6.29. The lowest BCUT2D eigenvalue weighted by Gasteiger charge is -2.20. The highest BCUT2D eigenvalue weighted by molar-refractivity contribution is 6.31. The fourth-order valence-corrected chi connectivity index (χ4v) is 2.75. The molecule has 1 atom stereocenters. The Morgan fingerprint density at radius 3 is 2.42 bits per heavy atom. The highest BCUT2D eigenvalue weighted by atomic mass is 35.5. The summed E-state index contributed by atoms with van der Waals surface area (Å²) in [6.07, 6.45) is 0. The van der Waals surface area contributed by atoms with Crippen molar-refractivity contribution in [1.29, 1.82) is 0 Å². The first-order valence-electron chi connectivity index (χ1n) is 8.45. The third-order valence-corrected chi connectivity index (χ3v) is 4.42. The number of anilines is 1. The van der Waals surface area contributed by atoms with Crippen molar-refractivity contribution in [2.75, 3.05) is 25.5 Å². The average Bonchev–Trinajstić information content (AvgIpc) is 2.61. The second-order valence-corrected chi connectivity index (χ2v) is 6.70. The number of carbonyl (C=O) groups excluding carboxylic acids is 2. The van der Waals surface area contributed by atoms with Gasteiger partial charge in [0, 0.05) is 23.8 Å². The molecule has 0 unspecified atom stereocenters. The van der Waals surface area contributed by atoms with Crippen molar-refractivity contribution in [3.63, 3.8) is 0 Å². The number of rotatable bonds is 7. The van der Waals surface area contributed by atoms with E-state index in [-0.39, 0.29) is 30.9 Å². The molecule has 0 bridgehead atoms. The van der Waals surface area contributed by atoms with Gasteiger partial charge in [-0.05, 0) is 37.6 Å². The Labute approximate surface area is 159 Å². The minimum absolute atomic E-state index is 0.00510. The monoisotopic (exact) mass is 373 g/mol. The summed E-state index contributed by atoms with van der Waals surface area (Å²) in [5.74, 6) is -0.396. The van der Waals surface area contributed by atoms with Crippen LogP contribution in [0.15, 0.2) is 48.5 Å². The number of amides is 2. The maximum atomic E-state index is 12.2. The first-order chi connectivity index (χ1) is 12.4. The molecule has 0 aromatic heterocycles. The number of carbonyl (C=O) groups is 2. The maximum absolute atomic E-state index is 12.2.